The van der Waals surface area contributed by atoms with Gasteiger partial charge in [0.05, 0.1) is 18.6 Å². The lowest BCUT2D eigenvalue weighted by atomic mass is 9.49. The van der Waals surface area contributed by atoms with Gasteiger partial charge in [-0.15, -0.1) is 0 Å². The standard InChI is InChI=1S/C19H28F3NO2/c20-19(21,22)12-23-3-1-13(2-4-23)11-25-17(24)18-8-14-5-15(9-18)7-16(6-14)10-18/h13-16H,1-12H2. The third-order valence-corrected chi connectivity index (χ3v) is 7.03. The number of halogens is 3. The summed E-state index contributed by atoms with van der Waals surface area (Å²) in [6.45, 7) is 0.450. The normalized spacial score (nSPS) is 38.9. The van der Waals surface area contributed by atoms with E-state index in [1.165, 1.54) is 24.2 Å². The molecule has 1 aliphatic heterocycles. The third kappa shape index (κ3) is 3.83. The number of piperidine rings is 1. The van der Waals surface area contributed by atoms with Gasteiger partial charge in [0.25, 0.3) is 0 Å². The van der Waals surface area contributed by atoms with E-state index in [9.17, 15) is 18.0 Å². The Hall–Kier alpha value is -0.780. The molecular formula is C19H28F3NO2. The first kappa shape index (κ1) is 17.6. The number of carbonyl (C=O) groups is 1. The Bertz CT molecular complexity index is 476. The van der Waals surface area contributed by atoms with Gasteiger partial charge in [0.2, 0.25) is 0 Å². The van der Waals surface area contributed by atoms with E-state index in [-0.39, 0.29) is 17.3 Å². The number of ether oxygens (including phenoxy) is 1. The van der Waals surface area contributed by atoms with Gasteiger partial charge < -0.3 is 4.74 Å². The maximum atomic E-state index is 12.8. The number of likely N-dealkylation sites (tertiary alicyclic amines) is 1. The molecule has 0 aromatic rings. The van der Waals surface area contributed by atoms with Gasteiger partial charge in [0, 0.05) is 0 Å². The van der Waals surface area contributed by atoms with Gasteiger partial charge in [0.15, 0.2) is 0 Å². The average molecular weight is 359 g/mol. The van der Waals surface area contributed by atoms with Crippen LogP contribution in [0.15, 0.2) is 0 Å². The summed E-state index contributed by atoms with van der Waals surface area (Å²) in [5, 5.41) is 0. The van der Waals surface area contributed by atoms with E-state index in [2.05, 4.69) is 0 Å². The molecule has 3 nitrogen and oxygen atoms in total. The average Bonchev–Trinajstić information content (AvgIpc) is 2.51. The number of hydrogen-bond acceptors (Lipinski definition) is 3. The maximum absolute atomic E-state index is 12.8. The molecule has 1 heterocycles. The number of esters is 1. The summed E-state index contributed by atoms with van der Waals surface area (Å²) in [5.41, 5.74) is -0.230. The lowest BCUT2D eigenvalue weighted by Gasteiger charge is -2.55. The van der Waals surface area contributed by atoms with E-state index in [1.807, 2.05) is 0 Å². The molecule has 5 aliphatic rings. The molecule has 142 valence electrons. The van der Waals surface area contributed by atoms with Crippen molar-refractivity contribution in [3.8, 4) is 0 Å². The molecule has 0 radical (unpaired) electrons. The zero-order valence-electron chi connectivity index (χ0n) is 14.7. The molecule has 0 atom stereocenters. The van der Waals surface area contributed by atoms with Crippen LogP contribution >= 0.6 is 0 Å². The Balaban J connectivity index is 1.25. The smallest absolute Gasteiger partial charge is 0.401 e. The van der Waals surface area contributed by atoms with Crippen LogP contribution in [0.3, 0.4) is 0 Å². The van der Waals surface area contributed by atoms with Crippen molar-refractivity contribution in [2.45, 2.75) is 57.5 Å². The highest BCUT2D eigenvalue weighted by Crippen LogP contribution is 2.60. The molecule has 0 amide bonds. The van der Waals surface area contributed by atoms with Gasteiger partial charge in [-0.3, -0.25) is 9.69 Å². The van der Waals surface area contributed by atoms with E-state index < -0.39 is 12.7 Å². The first-order valence-electron chi connectivity index (χ1n) is 9.78. The molecule has 6 heteroatoms. The summed E-state index contributed by atoms with van der Waals surface area (Å²) in [6.07, 6.45) is 4.14. The van der Waals surface area contributed by atoms with Crippen molar-refractivity contribution in [1.29, 1.82) is 0 Å². The van der Waals surface area contributed by atoms with Crippen molar-refractivity contribution < 1.29 is 22.7 Å². The van der Waals surface area contributed by atoms with Crippen LogP contribution in [-0.2, 0) is 9.53 Å². The first-order valence-corrected chi connectivity index (χ1v) is 9.78. The highest BCUT2D eigenvalue weighted by Gasteiger charge is 2.55. The van der Waals surface area contributed by atoms with Crippen molar-refractivity contribution in [1.82, 2.24) is 4.90 Å². The molecule has 5 fully saturated rings. The number of carbonyl (C=O) groups excluding carboxylic acids is 1. The summed E-state index contributed by atoms with van der Waals surface area (Å²) in [7, 11) is 0. The Morgan fingerprint density at radius 1 is 1.00 bits per heavy atom. The highest BCUT2D eigenvalue weighted by molar-refractivity contribution is 5.77. The van der Waals surface area contributed by atoms with E-state index in [0.29, 0.717) is 50.3 Å². The molecule has 4 bridgehead atoms. The summed E-state index contributed by atoms with van der Waals surface area (Å²) in [6, 6.07) is 0. The third-order valence-electron chi connectivity index (χ3n) is 7.03. The SMILES string of the molecule is O=C(OCC1CCN(CC(F)(F)F)CC1)C12CC3CC(CC(C3)C1)C2. The second-order valence-electron chi connectivity index (χ2n) is 9.13. The number of hydrogen-bond donors (Lipinski definition) is 0. The topological polar surface area (TPSA) is 29.5 Å². The fourth-order valence-electron chi connectivity index (χ4n) is 6.27. The fraction of sp³-hybridized carbons (Fsp3) is 0.947. The Morgan fingerprint density at radius 3 is 2.00 bits per heavy atom. The molecule has 0 aromatic carbocycles. The van der Waals surface area contributed by atoms with Gasteiger partial charge in [-0.25, -0.2) is 0 Å². The zero-order valence-corrected chi connectivity index (χ0v) is 14.7. The second kappa shape index (κ2) is 6.43. The Morgan fingerprint density at radius 2 is 1.52 bits per heavy atom. The molecule has 1 saturated heterocycles. The minimum absolute atomic E-state index is 0.00989. The van der Waals surface area contributed by atoms with Gasteiger partial charge in [-0.1, -0.05) is 0 Å². The van der Waals surface area contributed by atoms with E-state index >= 15 is 0 Å². The monoisotopic (exact) mass is 359 g/mol. The summed E-state index contributed by atoms with van der Waals surface area (Å²) < 4.78 is 43.0. The van der Waals surface area contributed by atoms with Gasteiger partial charge >= 0.3 is 12.1 Å². The van der Waals surface area contributed by atoms with Crippen molar-refractivity contribution in [3.05, 3.63) is 0 Å². The molecule has 5 rings (SSSR count). The van der Waals surface area contributed by atoms with Gasteiger partial charge in [-0.05, 0) is 88.1 Å². The molecule has 0 unspecified atom stereocenters. The molecular weight excluding hydrogens is 331 g/mol. The molecule has 4 saturated carbocycles. The van der Waals surface area contributed by atoms with Crippen LogP contribution in [-0.4, -0.2) is 43.3 Å². The first-order chi connectivity index (χ1) is 11.8. The van der Waals surface area contributed by atoms with Gasteiger partial charge in [0.1, 0.15) is 0 Å². The van der Waals surface area contributed by atoms with Crippen LogP contribution in [0, 0.1) is 29.1 Å². The van der Waals surface area contributed by atoms with Crippen LogP contribution in [0.25, 0.3) is 0 Å². The predicted octanol–water partition coefficient (Wildman–Crippen LogP) is 4.02. The van der Waals surface area contributed by atoms with Crippen molar-refractivity contribution in [2.75, 3.05) is 26.2 Å². The second-order valence-corrected chi connectivity index (χ2v) is 9.13. The summed E-state index contributed by atoms with van der Waals surface area (Å²) in [5.74, 6) is 2.34. The fourth-order valence-corrected chi connectivity index (χ4v) is 6.27. The number of rotatable bonds is 4. The van der Waals surface area contributed by atoms with Crippen LogP contribution < -0.4 is 0 Å². The molecule has 0 N–H and O–H groups in total. The zero-order chi connectivity index (χ0) is 17.7. The Labute approximate surface area is 147 Å². The number of alkyl halides is 3. The highest BCUT2D eigenvalue weighted by atomic mass is 19.4. The lowest BCUT2D eigenvalue weighted by molar-refractivity contribution is -0.173. The number of nitrogens with zero attached hydrogens (tertiary/aromatic N) is 1. The van der Waals surface area contributed by atoms with Crippen molar-refractivity contribution in [3.63, 3.8) is 0 Å². The largest absolute Gasteiger partial charge is 0.465 e. The molecule has 0 spiro atoms. The quantitative estimate of drug-likeness (QED) is 0.710. The van der Waals surface area contributed by atoms with E-state index in [1.54, 1.807) is 0 Å². The molecule has 0 aromatic heterocycles. The summed E-state index contributed by atoms with van der Waals surface area (Å²) in [4.78, 5) is 14.3. The Kier molecular flexibility index (Phi) is 4.53. The van der Waals surface area contributed by atoms with Crippen molar-refractivity contribution in [2.24, 2.45) is 29.1 Å². The van der Waals surface area contributed by atoms with Gasteiger partial charge in [-0.2, -0.15) is 13.2 Å². The van der Waals surface area contributed by atoms with Crippen LogP contribution in [0.4, 0.5) is 13.2 Å². The predicted molar refractivity (Wildman–Crippen MR) is 86.8 cm³/mol. The van der Waals surface area contributed by atoms with E-state index in [0.717, 1.165) is 19.3 Å². The molecule has 4 aliphatic carbocycles. The lowest BCUT2D eigenvalue weighted by Crippen LogP contribution is -2.51. The minimum atomic E-state index is -4.13. The van der Waals surface area contributed by atoms with Crippen LogP contribution in [0.2, 0.25) is 0 Å². The maximum Gasteiger partial charge on any atom is 0.401 e. The van der Waals surface area contributed by atoms with Crippen molar-refractivity contribution >= 4 is 5.97 Å². The van der Waals surface area contributed by atoms with Crippen LogP contribution in [0.1, 0.15) is 51.4 Å². The van der Waals surface area contributed by atoms with E-state index in [4.69, 9.17) is 4.74 Å². The molecule has 25 heavy (non-hydrogen) atoms. The summed E-state index contributed by atoms with van der Waals surface area (Å²) >= 11 is 0. The van der Waals surface area contributed by atoms with Crippen LogP contribution in [0.5, 0.6) is 0 Å². The minimum Gasteiger partial charge on any atom is -0.465 e.